The third kappa shape index (κ3) is 1.99. The molecule has 0 aliphatic rings. The molecule has 0 amide bonds. The molecule has 1 rings (SSSR count). The Morgan fingerprint density at radius 1 is 1.31 bits per heavy atom. The molecule has 71 valence electrons. The first-order valence-electron chi connectivity index (χ1n) is 3.72. The predicted octanol–water partition coefficient (Wildman–Crippen LogP) is 3.21. The lowest BCUT2D eigenvalue weighted by Crippen LogP contribution is -2.11. The molecule has 0 aliphatic carbocycles. The molecular formula is C9H7F4. The minimum atomic E-state index is -4.62. The highest BCUT2D eigenvalue weighted by atomic mass is 19.4. The molecule has 1 aromatic carbocycles. The summed E-state index contributed by atoms with van der Waals surface area (Å²) in [6.45, 7) is 1.54. The summed E-state index contributed by atoms with van der Waals surface area (Å²) in [6.07, 6.45) is -4.48. The van der Waals surface area contributed by atoms with Crippen molar-refractivity contribution in [3.05, 3.63) is 35.1 Å². The van der Waals surface area contributed by atoms with E-state index in [0.717, 1.165) is 6.07 Å². The molecule has 0 saturated heterocycles. The maximum atomic E-state index is 12.8. The van der Waals surface area contributed by atoms with Gasteiger partial charge in [0.1, 0.15) is 5.82 Å². The number of hydrogen-bond acceptors (Lipinski definition) is 0. The first-order valence-corrected chi connectivity index (χ1v) is 3.72. The highest BCUT2D eigenvalue weighted by molar-refractivity contribution is 5.30. The second-order valence-electron chi connectivity index (χ2n) is 2.55. The molecule has 0 saturated carbocycles. The van der Waals surface area contributed by atoms with Gasteiger partial charge < -0.3 is 0 Å². The van der Waals surface area contributed by atoms with Crippen LogP contribution in [0.25, 0.3) is 0 Å². The van der Waals surface area contributed by atoms with Crippen LogP contribution in [-0.2, 0) is 12.6 Å². The number of alkyl halides is 3. The first-order chi connectivity index (χ1) is 5.96. The van der Waals surface area contributed by atoms with Crippen molar-refractivity contribution in [1.29, 1.82) is 0 Å². The summed E-state index contributed by atoms with van der Waals surface area (Å²) in [5, 5.41) is 0. The van der Waals surface area contributed by atoms with Crippen molar-refractivity contribution in [3.63, 3.8) is 0 Å². The van der Waals surface area contributed by atoms with Gasteiger partial charge in [-0.3, -0.25) is 0 Å². The van der Waals surface area contributed by atoms with Crippen LogP contribution in [0.3, 0.4) is 0 Å². The summed E-state index contributed by atoms with van der Waals surface area (Å²) >= 11 is 0. The van der Waals surface area contributed by atoms with Crippen molar-refractivity contribution in [2.45, 2.75) is 19.5 Å². The molecule has 0 bridgehead atoms. The third-order valence-electron chi connectivity index (χ3n) is 1.69. The number of hydrogen-bond donors (Lipinski definition) is 0. The lowest BCUT2D eigenvalue weighted by molar-refractivity contribution is -0.140. The van der Waals surface area contributed by atoms with Crippen LogP contribution < -0.4 is 0 Å². The Labute approximate surface area is 73.2 Å². The summed E-state index contributed by atoms with van der Waals surface area (Å²) in [5.41, 5.74) is -1.23. The summed E-state index contributed by atoms with van der Waals surface area (Å²) < 4.78 is 49.5. The van der Waals surface area contributed by atoms with Gasteiger partial charge in [-0.25, -0.2) is 4.39 Å². The van der Waals surface area contributed by atoms with Crippen LogP contribution in [0.15, 0.2) is 12.1 Å². The van der Waals surface area contributed by atoms with Crippen LogP contribution in [-0.4, -0.2) is 0 Å². The third-order valence-corrected chi connectivity index (χ3v) is 1.69. The van der Waals surface area contributed by atoms with E-state index in [4.69, 9.17) is 0 Å². The standard InChI is InChI=1S/C9H7F4/c1-2-6-4-3-5-7(10)8(6)9(11,12)13/h4-5H,2H2,1H3. The molecule has 0 unspecified atom stereocenters. The Morgan fingerprint density at radius 3 is 2.31 bits per heavy atom. The minimum Gasteiger partial charge on any atom is -0.206 e. The van der Waals surface area contributed by atoms with Gasteiger partial charge in [0.15, 0.2) is 0 Å². The monoisotopic (exact) mass is 191 g/mol. The SMILES string of the molecule is CCc1c[c]cc(F)c1C(F)(F)F. The van der Waals surface area contributed by atoms with Crippen LogP contribution >= 0.6 is 0 Å². The zero-order valence-electron chi connectivity index (χ0n) is 6.87. The maximum absolute atomic E-state index is 12.8. The van der Waals surface area contributed by atoms with Gasteiger partial charge >= 0.3 is 6.18 Å². The molecule has 0 aliphatic heterocycles. The number of halogens is 4. The fourth-order valence-corrected chi connectivity index (χ4v) is 1.11. The zero-order chi connectivity index (χ0) is 10.1. The molecule has 0 nitrogen and oxygen atoms in total. The summed E-state index contributed by atoms with van der Waals surface area (Å²) in [7, 11) is 0. The van der Waals surface area contributed by atoms with Gasteiger partial charge in [-0.1, -0.05) is 13.0 Å². The van der Waals surface area contributed by atoms with Crippen molar-refractivity contribution >= 4 is 0 Å². The normalized spacial score (nSPS) is 11.8. The van der Waals surface area contributed by atoms with E-state index in [9.17, 15) is 17.6 Å². The molecule has 13 heavy (non-hydrogen) atoms. The van der Waals surface area contributed by atoms with Crippen LogP contribution in [0, 0.1) is 11.9 Å². The molecule has 0 N–H and O–H groups in total. The summed E-state index contributed by atoms with van der Waals surface area (Å²) in [6, 6.07) is 4.17. The highest BCUT2D eigenvalue weighted by Crippen LogP contribution is 2.33. The van der Waals surface area contributed by atoms with Crippen LogP contribution in [0.2, 0.25) is 0 Å². The molecule has 1 aromatic rings. The molecule has 0 fully saturated rings. The summed E-state index contributed by atoms with van der Waals surface area (Å²) in [5.74, 6) is -1.26. The van der Waals surface area contributed by atoms with Crippen LogP contribution in [0.1, 0.15) is 18.1 Å². The van der Waals surface area contributed by atoms with E-state index >= 15 is 0 Å². The van der Waals surface area contributed by atoms with E-state index in [1.165, 1.54) is 6.92 Å². The average Bonchev–Trinajstić information content (AvgIpc) is 2.01. The van der Waals surface area contributed by atoms with E-state index in [1.807, 2.05) is 0 Å². The van der Waals surface area contributed by atoms with Crippen molar-refractivity contribution in [3.8, 4) is 0 Å². The second kappa shape index (κ2) is 3.36. The Balaban J connectivity index is 3.32. The first kappa shape index (κ1) is 10.0. The number of benzene rings is 1. The second-order valence-corrected chi connectivity index (χ2v) is 2.55. The Bertz CT molecular complexity index is 301. The van der Waals surface area contributed by atoms with Gasteiger partial charge in [0.25, 0.3) is 0 Å². The smallest absolute Gasteiger partial charge is 0.206 e. The highest BCUT2D eigenvalue weighted by Gasteiger charge is 2.36. The topological polar surface area (TPSA) is 0 Å². The molecule has 1 radical (unpaired) electrons. The van der Waals surface area contributed by atoms with Gasteiger partial charge in [0.2, 0.25) is 0 Å². The van der Waals surface area contributed by atoms with Crippen molar-refractivity contribution in [1.82, 2.24) is 0 Å². The largest absolute Gasteiger partial charge is 0.419 e. The summed E-state index contributed by atoms with van der Waals surface area (Å²) in [4.78, 5) is 0. The zero-order valence-corrected chi connectivity index (χ0v) is 6.87. The van der Waals surface area contributed by atoms with Crippen LogP contribution in [0.4, 0.5) is 17.6 Å². The molecule has 0 heterocycles. The van der Waals surface area contributed by atoms with Crippen molar-refractivity contribution < 1.29 is 17.6 Å². The predicted molar refractivity (Wildman–Crippen MR) is 39.6 cm³/mol. The minimum absolute atomic E-state index is 0.0625. The number of rotatable bonds is 1. The van der Waals surface area contributed by atoms with Gasteiger partial charge in [-0.2, -0.15) is 13.2 Å². The maximum Gasteiger partial charge on any atom is 0.419 e. The van der Waals surface area contributed by atoms with Gasteiger partial charge in [0.05, 0.1) is 5.56 Å². The fourth-order valence-electron chi connectivity index (χ4n) is 1.11. The Hall–Kier alpha value is -1.06. The molecule has 0 spiro atoms. The lowest BCUT2D eigenvalue weighted by Gasteiger charge is -2.11. The fraction of sp³-hybridized carbons (Fsp3) is 0.333. The van der Waals surface area contributed by atoms with E-state index in [0.29, 0.717) is 6.07 Å². The van der Waals surface area contributed by atoms with E-state index in [2.05, 4.69) is 6.07 Å². The number of aryl methyl sites for hydroxylation is 1. The quantitative estimate of drug-likeness (QED) is 0.598. The lowest BCUT2D eigenvalue weighted by atomic mass is 10.0. The van der Waals surface area contributed by atoms with Gasteiger partial charge in [0, 0.05) is 0 Å². The Kier molecular flexibility index (Phi) is 2.59. The van der Waals surface area contributed by atoms with E-state index < -0.39 is 17.6 Å². The molecule has 4 heteroatoms. The Morgan fingerprint density at radius 2 is 1.92 bits per heavy atom. The van der Waals surface area contributed by atoms with Crippen LogP contribution in [0.5, 0.6) is 0 Å². The van der Waals surface area contributed by atoms with Crippen molar-refractivity contribution in [2.24, 2.45) is 0 Å². The molecule has 0 aromatic heterocycles. The molecule has 0 atom stereocenters. The molecular weight excluding hydrogens is 184 g/mol. The van der Waals surface area contributed by atoms with E-state index in [1.54, 1.807) is 0 Å². The van der Waals surface area contributed by atoms with E-state index in [-0.39, 0.29) is 12.0 Å². The average molecular weight is 191 g/mol. The van der Waals surface area contributed by atoms with Crippen molar-refractivity contribution in [2.75, 3.05) is 0 Å². The van der Waals surface area contributed by atoms with Gasteiger partial charge in [-0.15, -0.1) is 0 Å². The van der Waals surface area contributed by atoms with Gasteiger partial charge in [-0.05, 0) is 24.1 Å².